The van der Waals surface area contributed by atoms with E-state index in [0.29, 0.717) is 13.0 Å². The molecular formula is C5H12N2O2. The molecule has 0 aromatic rings. The van der Waals surface area contributed by atoms with Crippen molar-refractivity contribution in [3.63, 3.8) is 0 Å². The van der Waals surface area contributed by atoms with Crippen LogP contribution in [0, 0.1) is 16.0 Å². The van der Waals surface area contributed by atoms with Gasteiger partial charge >= 0.3 is 0 Å². The maximum Gasteiger partial charge on any atom is 0.204 e. The Labute approximate surface area is 54.2 Å². The highest BCUT2D eigenvalue weighted by Gasteiger charge is 2.02. The molecule has 0 amide bonds. The van der Waals surface area contributed by atoms with Crippen LogP contribution in [0.15, 0.2) is 0 Å². The molecule has 0 radical (unpaired) electrons. The van der Waals surface area contributed by atoms with Gasteiger partial charge in [0.1, 0.15) is 0 Å². The van der Waals surface area contributed by atoms with Crippen LogP contribution in [-0.2, 0) is 0 Å². The second-order valence-electron chi connectivity index (χ2n) is 2.19. The predicted molar refractivity (Wildman–Crippen MR) is 34.7 cm³/mol. The van der Waals surface area contributed by atoms with Gasteiger partial charge in [0, 0.05) is 11.3 Å². The van der Waals surface area contributed by atoms with Crippen molar-refractivity contribution in [1.82, 2.24) is 0 Å². The van der Waals surface area contributed by atoms with E-state index in [1.807, 2.05) is 6.92 Å². The van der Waals surface area contributed by atoms with Gasteiger partial charge in [0.05, 0.1) is 0 Å². The molecule has 0 aliphatic rings. The zero-order valence-corrected chi connectivity index (χ0v) is 5.54. The molecular weight excluding hydrogens is 120 g/mol. The topological polar surface area (TPSA) is 69.2 Å². The van der Waals surface area contributed by atoms with Crippen molar-refractivity contribution < 1.29 is 4.92 Å². The SMILES string of the molecule is C[C@H](CN)CC[N+](=O)[O-]. The number of nitro groups is 1. The summed E-state index contributed by atoms with van der Waals surface area (Å²) in [6.07, 6.45) is 0.587. The first kappa shape index (κ1) is 8.36. The average molecular weight is 132 g/mol. The molecule has 2 N–H and O–H groups in total. The highest BCUT2D eigenvalue weighted by molar-refractivity contribution is 4.50. The summed E-state index contributed by atoms with van der Waals surface area (Å²) in [5.41, 5.74) is 5.24. The zero-order chi connectivity index (χ0) is 7.28. The first-order valence-electron chi connectivity index (χ1n) is 2.98. The van der Waals surface area contributed by atoms with E-state index in [9.17, 15) is 10.1 Å². The standard InChI is InChI=1S/C5H12N2O2/c1-5(4-6)2-3-7(8)9/h5H,2-4,6H2,1H3/t5-/m0/s1. The number of hydrogen-bond acceptors (Lipinski definition) is 3. The van der Waals surface area contributed by atoms with Crippen molar-refractivity contribution in [2.24, 2.45) is 11.7 Å². The van der Waals surface area contributed by atoms with Gasteiger partial charge in [-0.15, -0.1) is 0 Å². The van der Waals surface area contributed by atoms with E-state index in [1.54, 1.807) is 0 Å². The zero-order valence-electron chi connectivity index (χ0n) is 5.54. The molecule has 0 aliphatic carbocycles. The highest BCUT2D eigenvalue weighted by atomic mass is 16.6. The van der Waals surface area contributed by atoms with Gasteiger partial charge < -0.3 is 5.73 Å². The Morgan fingerprint density at radius 2 is 2.33 bits per heavy atom. The van der Waals surface area contributed by atoms with Gasteiger partial charge in [-0.3, -0.25) is 10.1 Å². The number of nitrogens with two attached hydrogens (primary N) is 1. The van der Waals surface area contributed by atoms with Crippen LogP contribution in [0.3, 0.4) is 0 Å². The molecule has 0 aromatic carbocycles. The van der Waals surface area contributed by atoms with E-state index in [4.69, 9.17) is 5.73 Å². The van der Waals surface area contributed by atoms with E-state index in [2.05, 4.69) is 0 Å². The molecule has 9 heavy (non-hydrogen) atoms. The third-order valence-electron chi connectivity index (χ3n) is 1.21. The maximum absolute atomic E-state index is 9.78. The third kappa shape index (κ3) is 5.23. The van der Waals surface area contributed by atoms with E-state index in [-0.39, 0.29) is 17.4 Å². The predicted octanol–water partition coefficient (Wildman–Crippen LogP) is 0.248. The Balaban J connectivity index is 3.16. The van der Waals surface area contributed by atoms with Gasteiger partial charge in [0.2, 0.25) is 6.54 Å². The summed E-state index contributed by atoms with van der Waals surface area (Å²) >= 11 is 0. The molecule has 0 heterocycles. The molecule has 0 spiro atoms. The number of rotatable bonds is 4. The van der Waals surface area contributed by atoms with Crippen LogP contribution >= 0.6 is 0 Å². The Bertz CT molecular complexity index is 95.0. The minimum absolute atomic E-state index is 0.0400. The Hall–Kier alpha value is -0.640. The fourth-order valence-corrected chi connectivity index (χ4v) is 0.444. The smallest absolute Gasteiger partial charge is 0.204 e. The summed E-state index contributed by atoms with van der Waals surface area (Å²) in [5, 5.41) is 9.78. The molecule has 0 aliphatic heterocycles. The normalized spacial score (nSPS) is 13.1. The van der Waals surface area contributed by atoms with Crippen LogP contribution < -0.4 is 5.73 Å². The quantitative estimate of drug-likeness (QED) is 0.440. The fraction of sp³-hybridized carbons (Fsp3) is 1.00. The third-order valence-corrected chi connectivity index (χ3v) is 1.21. The monoisotopic (exact) mass is 132 g/mol. The minimum Gasteiger partial charge on any atom is -0.330 e. The summed E-state index contributed by atoms with van der Waals surface area (Å²) in [6.45, 7) is 2.48. The Morgan fingerprint density at radius 1 is 1.78 bits per heavy atom. The van der Waals surface area contributed by atoms with Crippen molar-refractivity contribution >= 4 is 0 Å². The van der Waals surface area contributed by atoms with Crippen molar-refractivity contribution in [2.75, 3.05) is 13.1 Å². The molecule has 0 saturated carbocycles. The first-order chi connectivity index (χ1) is 4.16. The highest BCUT2D eigenvalue weighted by Crippen LogP contribution is 1.97. The van der Waals surface area contributed by atoms with Gasteiger partial charge in [0.25, 0.3) is 0 Å². The van der Waals surface area contributed by atoms with Gasteiger partial charge in [-0.2, -0.15) is 0 Å². The van der Waals surface area contributed by atoms with Gasteiger partial charge in [-0.25, -0.2) is 0 Å². The van der Waals surface area contributed by atoms with E-state index < -0.39 is 0 Å². The lowest BCUT2D eigenvalue weighted by atomic mass is 10.1. The Kier molecular flexibility index (Phi) is 3.96. The molecule has 0 saturated heterocycles. The van der Waals surface area contributed by atoms with Crippen LogP contribution in [-0.4, -0.2) is 18.0 Å². The number of hydrogen-bond donors (Lipinski definition) is 1. The van der Waals surface area contributed by atoms with E-state index >= 15 is 0 Å². The fourth-order valence-electron chi connectivity index (χ4n) is 0.444. The molecule has 4 heteroatoms. The van der Waals surface area contributed by atoms with Crippen LogP contribution in [0.2, 0.25) is 0 Å². The summed E-state index contributed by atoms with van der Waals surface area (Å²) in [5.74, 6) is 0.274. The van der Waals surface area contributed by atoms with Gasteiger partial charge in [0.15, 0.2) is 0 Å². The molecule has 0 fully saturated rings. The lowest BCUT2D eigenvalue weighted by Gasteiger charge is -2.01. The van der Waals surface area contributed by atoms with Gasteiger partial charge in [-0.1, -0.05) is 6.92 Å². The lowest BCUT2D eigenvalue weighted by Crippen LogP contribution is -2.14. The number of nitrogens with zero attached hydrogens (tertiary/aromatic N) is 1. The molecule has 0 aromatic heterocycles. The van der Waals surface area contributed by atoms with Crippen molar-refractivity contribution in [2.45, 2.75) is 13.3 Å². The minimum atomic E-state index is -0.313. The van der Waals surface area contributed by atoms with Crippen LogP contribution in [0.5, 0.6) is 0 Å². The van der Waals surface area contributed by atoms with Crippen molar-refractivity contribution in [1.29, 1.82) is 0 Å². The molecule has 54 valence electrons. The lowest BCUT2D eigenvalue weighted by molar-refractivity contribution is -0.481. The first-order valence-corrected chi connectivity index (χ1v) is 2.98. The van der Waals surface area contributed by atoms with Crippen LogP contribution in [0.25, 0.3) is 0 Å². The molecule has 0 rings (SSSR count). The second kappa shape index (κ2) is 4.26. The van der Waals surface area contributed by atoms with E-state index in [0.717, 1.165) is 0 Å². The van der Waals surface area contributed by atoms with Crippen LogP contribution in [0.4, 0.5) is 0 Å². The van der Waals surface area contributed by atoms with E-state index in [1.165, 1.54) is 0 Å². The van der Waals surface area contributed by atoms with Gasteiger partial charge in [-0.05, 0) is 12.5 Å². The van der Waals surface area contributed by atoms with Crippen molar-refractivity contribution in [3.05, 3.63) is 10.1 Å². The molecule has 0 unspecified atom stereocenters. The second-order valence-corrected chi connectivity index (χ2v) is 2.19. The maximum atomic E-state index is 9.78. The Morgan fingerprint density at radius 3 is 2.67 bits per heavy atom. The largest absolute Gasteiger partial charge is 0.330 e. The summed E-state index contributed by atoms with van der Waals surface area (Å²) < 4.78 is 0. The average Bonchev–Trinajstić information content (AvgIpc) is 1.83. The van der Waals surface area contributed by atoms with Crippen LogP contribution in [0.1, 0.15) is 13.3 Å². The van der Waals surface area contributed by atoms with Crippen molar-refractivity contribution in [3.8, 4) is 0 Å². The molecule has 0 bridgehead atoms. The molecule has 1 atom stereocenters. The summed E-state index contributed by atoms with van der Waals surface area (Å²) in [4.78, 5) is 9.47. The summed E-state index contributed by atoms with van der Waals surface area (Å²) in [7, 11) is 0. The molecule has 4 nitrogen and oxygen atoms in total. The summed E-state index contributed by atoms with van der Waals surface area (Å²) in [6, 6.07) is 0.